The first-order chi connectivity index (χ1) is 13.3. The van der Waals surface area contributed by atoms with Gasteiger partial charge in [0.1, 0.15) is 0 Å². The zero-order valence-corrected chi connectivity index (χ0v) is 18.1. The molecular formula is C23H27O3PS. The number of allylic oxidation sites excluding steroid dienone is 4. The van der Waals surface area contributed by atoms with E-state index in [1.165, 1.54) is 16.2 Å². The van der Waals surface area contributed by atoms with Gasteiger partial charge in [0.05, 0.1) is 12.9 Å². The van der Waals surface area contributed by atoms with Crippen LogP contribution in [0, 0.1) is 5.41 Å². The van der Waals surface area contributed by atoms with Crippen molar-refractivity contribution < 1.29 is 12.6 Å². The topological polar surface area (TPSA) is 43.4 Å². The average molecular weight is 415 g/mol. The van der Waals surface area contributed by atoms with E-state index >= 15 is 0 Å². The second kappa shape index (κ2) is 9.17. The first-order valence-electron chi connectivity index (χ1n) is 9.41. The van der Waals surface area contributed by atoms with Crippen LogP contribution in [0.15, 0.2) is 84.5 Å². The SMILES string of the molecule is CC(COS(C)(=O)=O)(CC1=CC=CC1)CP(c1ccccc1)c1ccccc1. The largest absolute Gasteiger partial charge is 0.270 e. The van der Waals surface area contributed by atoms with Gasteiger partial charge in [-0.1, -0.05) is 91.4 Å². The third-order valence-electron chi connectivity index (χ3n) is 4.80. The van der Waals surface area contributed by atoms with Gasteiger partial charge in [-0.3, -0.25) is 4.18 Å². The molecule has 148 valence electrons. The standard InChI is InChI=1S/C23H27O3PS/c1-23(18-26-28(2,24)25,17-20-11-9-10-12-20)19-27(21-13-5-3-6-14-21)22-15-7-4-8-16-22/h3-11,13-16H,12,17-19H2,1-2H3. The minimum Gasteiger partial charge on any atom is -0.270 e. The Balaban J connectivity index is 1.92. The van der Waals surface area contributed by atoms with Crippen molar-refractivity contribution in [2.24, 2.45) is 5.41 Å². The Labute approximate surface area is 170 Å². The molecule has 1 atom stereocenters. The van der Waals surface area contributed by atoms with E-state index in [-0.39, 0.29) is 12.0 Å². The van der Waals surface area contributed by atoms with E-state index in [1.807, 2.05) is 12.1 Å². The van der Waals surface area contributed by atoms with E-state index in [0.29, 0.717) is 0 Å². The Morgan fingerprint density at radius 1 is 1.00 bits per heavy atom. The Kier molecular flexibility index (Phi) is 6.87. The molecule has 3 rings (SSSR count). The summed E-state index contributed by atoms with van der Waals surface area (Å²) in [6, 6.07) is 21.0. The van der Waals surface area contributed by atoms with Crippen LogP contribution in [0.25, 0.3) is 0 Å². The summed E-state index contributed by atoms with van der Waals surface area (Å²) in [5.74, 6) is 0. The molecule has 0 fully saturated rings. The summed E-state index contributed by atoms with van der Waals surface area (Å²) in [6.45, 7) is 2.35. The average Bonchev–Trinajstić information content (AvgIpc) is 3.18. The van der Waals surface area contributed by atoms with Gasteiger partial charge in [-0.05, 0) is 37.5 Å². The number of hydrogen-bond donors (Lipinski definition) is 0. The smallest absolute Gasteiger partial charge is 0.264 e. The van der Waals surface area contributed by atoms with Gasteiger partial charge in [0, 0.05) is 5.41 Å². The number of benzene rings is 2. The van der Waals surface area contributed by atoms with Gasteiger partial charge in [-0.2, -0.15) is 8.42 Å². The Morgan fingerprint density at radius 3 is 2.04 bits per heavy atom. The zero-order chi connectivity index (χ0) is 20.0. The summed E-state index contributed by atoms with van der Waals surface area (Å²) in [6.07, 6.45) is 10.1. The van der Waals surface area contributed by atoms with E-state index in [0.717, 1.165) is 25.3 Å². The van der Waals surface area contributed by atoms with Gasteiger partial charge in [0.2, 0.25) is 0 Å². The third-order valence-corrected chi connectivity index (χ3v) is 8.27. The van der Waals surface area contributed by atoms with Gasteiger partial charge < -0.3 is 0 Å². The van der Waals surface area contributed by atoms with E-state index in [4.69, 9.17) is 4.18 Å². The maximum Gasteiger partial charge on any atom is 0.264 e. The first kappa shape index (κ1) is 21.0. The Bertz CT molecular complexity index is 897. The molecule has 28 heavy (non-hydrogen) atoms. The fourth-order valence-corrected chi connectivity index (χ4v) is 6.69. The van der Waals surface area contributed by atoms with Crippen LogP contribution < -0.4 is 10.6 Å². The fraction of sp³-hybridized carbons (Fsp3) is 0.304. The minimum absolute atomic E-state index is 0.196. The van der Waals surface area contributed by atoms with Crippen LogP contribution in [0.4, 0.5) is 0 Å². The molecule has 1 aliphatic rings. The summed E-state index contributed by atoms with van der Waals surface area (Å²) in [7, 11) is -4.11. The maximum absolute atomic E-state index is 11.7. The molecule has 2 aromatic rings. The predicted molar refractivity (Wildman–Crippen MR) is 119 cm³/mol. The van der Waals surface area contributed by atoms with Crippen LogP contribution in [-0.4, -0.2) is 27.4 Å². The van der Waals surface area contributed by atoms with Gasteiger partial charge in [-0.25, -0.2) is 0 Å². The van der Waals surface area contributed by atoms with Crippen molar-refractivity contribution in [2.75, 3.05) is 19.0 Å². The van der Waals surface area contributed by atoms with Gasteiger partial charge in [0.15, 0.2) is 0 Å². The second-order valence-corrected chi connectivity index (χ2v) is 11.5. The lowest BCUT2D eigenvalue weighted by Crippen LogP contribution is -2.32. The number of rotatable bonds is 9. The molecule has 1 unspecified atom stereocenters. The molecule has 0 bridgehead atoms. The van der Waals surface area contributed by atoms with Crippen molar-refractivity contribution in [1.29, 1.82) is 0 Å². The molecule has 5 heteroatoms. The molecule has 3 nitrogen and oxygen atoms in total. The van der Waals surface area contributed by atoms with Crippen molar-refractivity contribution in [2.45, 2.75) is 19.8 Å². The summed E-state index contributed by atoms with van der Waals surface area (Å²) in [5.41, 5.74) is 1.05. The molecule has 0 saturated heterocycles. The van der Waals surface area contributed by atoms with Crippen LogP contribution >= 0.6 is 7.92 Å². The van der Waals surface area contributed by atoms with Crippen molar-refractivity contribution in [1.82, 2.24) is 0 Å². The van der Waals surface area contributed by atoms with Gasteiger partial charge in [-0.15, -0.1) is 0 Å². The third kappa shape index (κ3) is 6.13. The van der Waals surface area contributed by atoms with Gasteiger partial charge in [0.25, 0.3) is 10.1 Å². The van der Waals surface area contributed by atoms with Crippen molar-refractivity contribution in [3.05, 3.63) is 84.5 Å². The summed E-state index contributed by atoms with van der Waals surface area (Å²) >= 11 is 0. The van der Waals surface area contributed by atoms with E-state index in [2.05, 4.69) is 73.7 Å². The van der Waals surface area contributed by atoms with Crippen molar-refractivity contribution in [3.63, 3.8) is 0 Å². The van der Waals surface area contributed by atoms with Crippen LogP contribution in [-0.2, 0) is 14.3 Å². The van der Waals surface area contributed by atoms with Crippen LogP contribution in [0.1, 0.15) is 19.8 Å². The molecule has 0 saturated carbocycles. The molecule has 1 aliphatic carbocycles. The summed E-state index contributed by atoms with van der Waals surface area (Å²) in [5, 5.41) is 2.60. The molecule has 0 amide bonds. The molecule has 0 radical (unpaired) electrons. The Morgan fingerprint density at radius 2 is 1.57 bits per heavy atom. The van der Waals surface area contributed by atoms with Crippen molar-refractivity contribution in [3.8, 4) is 0 Å². The van der Waals surface area contributed by atoms with E-state index < -0.39 is 18.0 Å². The monoisotopic (exact) mass is 414 g/mol. The molecule has 0 aromatic heterocycles. The highest BCUT2D eigenvalue weighted by Gasteiger charge is 2.32. The molecule has 2 aromatic carbocycles. The van der Waals surface area contributed by atoms with Crippen molar-refractivity contribution >= 4 is 28.6 Å². The summed E-state index contributed by atoms with van der Waals surface area (Å²) in [4.78, 5) is 0. The molecule has 0 heterocycles. The molecule has 0 aliphatic heterocycles. The predicted octanol–water partition coefficient (Wildman–Crippen LogP) is 4.38. The zero-order valence-electron chi connectivity index (χ0n) is 16.4. The summed E-state index contributed by atoms with van der Waals surface area (Å²) < 4.78 is 28.7. The fourth-order valence-electron chi connectivity index (χ4n) is 3.50. The highest BCUT2D eigenvalue weighted by atomic mass is 32.2. The number of hydrogen-bond acceptors (Lipinski definition) is 3. The normalized spacial score (nSPS) is 16.2. The quantitative estimate of drug-likeness (QED) is 0.452. The first-order valence-corrected chi connectivity index (χ1v) is 12.8. The molecule has 0 N–H and O–H groups in total. The lowest BCUT2D eigenvalue weighted by molar-refractivity contribution is 0.190. The second-order valence-electron chi connectivity index (χ2n) is 7.67. The highest BCUT2D eigenvalue weighted by Crippen LogP contribution is 2.44. The molecular weight excluding hydrogens is 387 g/mol. The van der Waals surface area contributed by atoms with Crippen LogP contribution in [0.5, 0.6) is 0 Å². The van der Waals surface area contributed by atoms with E-state index in [1.54, 1.807) is 0 Å². The Hall–Kier alpha value is -1.74. The maximum atomic E-state index is 11.7. The van der Waals surface area contributed by atoms with Gasteiger partial charge >= 0.3 is 0 Å². The van der Waals surface area contributed by atoms with E-state index in [9.17, 15) is 8.42 Å². The highest BCUT2D eigenvalue weighted by molar-refractivity contribution is 7.86. The van der Waals surface area contributed by atoms with Crippen LogP contribution in [0.2, 0.25) is 0 Å². The lowest BCUT2D eigenvalue weighted by atomic mass is 9.86. The molecule has 0 spiro atoms. The minimum atomic E-state index is -3.48. The van der Waals surface area contributed by atoms with Crippen LogP contribution in [0.3, 0.4) is 0 Å². The lowest BCUT2D eigenvalue weighted by Gasteiger charge is -2.34.